The van der Waals surface area contributed by atoms with E-state index in [9.17, 15) is 4.79 Å². The number of hydrogen-bond acceptors (Lipinski definition) is 5. The molecule has 0 aliphatic carbocycles. The summed E-state index contributed by atoms with van der Waals surface area (Å²) in [6.45, 7) is 1.35. The fraction of sp³-hybridized carbons (Fsp3) is 0.300. The summed E-state index contributed by atoms with van der Waals surface area (Å²) in [5.41, 5.74) is 1.94. The van der Waals surface area contributed by atoms with Gasteiger partial charge in [0.2, 0.25) is 5.91 Å². The van der Waals surface area contributed by atoms with Crippen molar-refractivity contribution in [3.8, 4) is 0 Å². The third-order valence-electron chi connectivity index (χ3n) is 4.69. The first kappa shape index (κ1) is 17.5. The number of nitrogens with zero attached hydrogens (tertiary/aromatic N) is 2. The van der Waals surface area contributed by atoms with Crippen molar-refractivity contribution in [3.63, 3.8) is 0 Å². The number of carbonyl (C=O) groups is 1. The summed E-state index contributed by atoms with van der Waals surface area (Å²) in [6.07, 6.45) is 4.19. The Balaban J connectivity index is 1.47. The fourth-order valence-electron chi connectivity index (χ4n) is 3.45. The van der Waals surface area contributed by atoms with E-state index in [4.69, 9.17) is 4.98 Å². The largest absolute Gasteiger partial charge is 0.324 e. The Hall–Kier alpha value is -1.89. The maximum absolute atomic E-state index is 12.6. The molecule has 2 heterocycles. The highest BCUT2D eigenvalue weighted by atomic mass is 32.2. The van der Waals surface area contributed by atoms with Crippen LogP contribution in [-0.2, 0) is 4.79 Å². The lowest BCUT2D eigenvalue weighted by atomic mass is 10.2. The van der Waals surface area contributed by atoms with E-state index in [1.165, 1.54) is 4.70 Å². The number of amides is 1. The van der Waals surface area contributed by atoms with Crippen LogP contribution in [0.1, 0.15) is 23.9 Å². The van der Waals surface area contributed by atoms with E-state index in [1.807, 2.05) is 42.7 Å². The Morgan fingerprint density at radius 2 is 2.08 bits per heavy atom. The molecule has 1 saturated heterocycles. The van der Waals surface area contributed by atoms with E-state index in [1.54, 1.807) is 23.1 Å². The van der Waals surface area contributed by atoms with Gasteiger partial charge in [-0.3, -0.25) is 9.69 Å². The van der Waals surface area contributed by atoms with Gasteiger partial charge in [-0.1, -0.05) is 24.3 Å². The topological polar surface area (TPSA) is 45.2 Å². The predicted octanol–water partition coefficient (Wildman–Crippen LogP) is 4.79. The molecule has 3 aromatic rings. The average molecular weight is 384 g/mol. The molecule has 4 nitrogen and oxygen atoms in total. The number of likely N-dealkylation sites (tertiary alicyclic amines) is 1. The molecular weight excluding hydrogens is 362 g/mol. The first-order valence-corrected chi connectivity index (χ1v) is 10.8. The van der Waals surface area contributed by atoms with Gasteiger partial charge in [0.1, 0.15) is 5.01 Å². The fourth-order valence-corrected chi connectivity index (χ4v) is 5.14. The molecule has 1 aliphatic heterocycles. The van der Waals surface area contributed by atoms with E-state index in [0.717, 1.165) is 40.5 Å². The van der Waals surface area contributed by atoms with Crippen LogP contribution in [0.25, 0.3) is 10.2 Å². The second-order valence-electron chi connectivity index (χ2n) is 6.40. The van der Waals surface area contributed by atoms with Crippen LogP contribution in [0.5, 0.6) is 0 Å². The van der Waals surface area contributed by atoms with Crippen LogP contribution in [0.3, 0.4) is 0 Å². The van der Waals surface area contributed by atoms with Gasteiger partial charge < -0.3 is 5.32 Å². The molecule has 4 rings (SSSR count). The summed E-state index contributed by atoms with van der Waals surface area (Å²) in [6, 6.07) is 16.4. The van der Waals surface area contributed by atoms with Crippen LogP contribution < -0.4 is 5.32 Å². The average Bonchev–Trinajstić information content (AvgIpc) is 3.28. The number of benzene rings is 2. The zero-order valence-corrected chi connectivity index (χ0v) is 16.3. The number of thiazole rings is 1. The second kappa shape index (κ2) is 7.78. The van der Waals surface area contributed by atoms with Crippen LogP contribution in [0.2, 0.25) is 0 Å². The minimum atomic E-state index is 0.0412. The summed E-state index contributed by atoms with van der Waals surface area (Å²) in [7, 11) is 0. The Morgan fingerprint density at radius 1 is 1.27 bits per heavy atom. The molecule has 0 saturated carbocycles. The summed E-state index contributed by atoms with van der Waals surface area (Å²) in [5, 5.41) is 4.19. The summed E-state index contributed by atoms with van der Waals surface area (Å²) in [5.74, 6) is 0.0412. The van der Waals surface area contributed by atoms with Crippen molar-refractivity contribution < 1.29 is 4.79 Å². The van der Waals surface area contributed by atoms with Crippen molar-refractivity contribution in [1.29, 1.82) is 0 Å². The van der Waals surface area contributed by atoms with Crippen molar-refractivity contribution in [2.24, 2.45) is 0 Å². The number of para-hydroxylation sites is 2. The van der Waals surface area contributed by atoms with Crippen LogP contribution in [0.15, 0.2) is 53.4 Å². The van der Waals surface area contributed by atoms with Crippen molar-refractivity contribution in [3.05, 3.63) is 53.5 Å². The number of aromatic nitrogens is 1. The van der Waals surface area contributed by atoms with Gasteiger partial charge in [-0.25, -0.2) is 4.98 Å². The van der Waals surface area contributed by atoms with Gasteiger partial charge in [-0.2, -0.15) is 0 Å². The zero-order chi connectivity index (χ0) is 17.9. The molecule has 1 unspecified atom stereocenters. The smallest absolute Gasteiger partial charge is 0.238 e. The predicted molar refractivity (Wildman–Crippen MR) is 110 cm³/mol. The molecule has 6 heteroatoms. The Morgan fingerprint density at radius 3 is 2.92 bits per heavy atom. The van der Waals surface area contributed by atoms with Crippen molar-refractivity contribution >= 4 is 44.9 Å². The van der Waals surface area contributed by atoms with Gasteiger partial charge in [0.25, 0.3) is 0 Å². The molecule has 134 valence electrons. The molecule has 1 amide bonds. The van der Waals surface area contributed by atoms with Crippen molar-refractivity contribution in [1.82, 2.24) is 9.88 Å². The van der Waals surface area contributed by atoms with Gasteiger partial charge in [0, 0.05) is 4.90 Å². The zero-order valence-electron chi connectivity index (χ0n) is 14.6. The Bertz CT molecular complexity index is 891. The monoisotopic (exact) mass is 383 g/mol. The minimum Gasteiger partial charge on any atom is -0.324 e. The third kappa shape index (κ3) is 3.63. The SMILES string of the molecule is CSc1ccccc1NC(=O)CN1CCCC1c1nc2ccccc2s1. The molecule has 0 bridgehead atoms. The standard InChI is InChI=1S/C20H21N3OS2/c1-25-17-10-4-2-7-14(17)21-19(24)13-23-12-6-9-16(23)20-22-15-8-3-5-11-18(15)26-20/h2-5,7-8,10-11,16H,6,9,12-13H2,1H3,(H,21,24). The van der Waals surface area contributed by atoms with Gasteiger partial charge in [0.05, 0.1) is 28.5 Å². The molecule has 1 aromatic heterocycles. The lowest BCUT2D eigenvalue weighted by Gasteiger charge is -2.22. The molecule has 26 heavy (non-hydrogen) atoms. The third-order valence-corrected chi connectivity index (χ3v) is 6.62. The maximum Gasteiger partial charge on any atom is 0.238 e. The summed E-state index contributed by atoms with van der Waals surface area (Å²) >= 11 is 3.39. The highest BCUT2D eigenvalue weighted by Gasteiger charge is 2.30. The maximum atomic E-state index is 12.6. The first-order chi connectivity index (χ1) is 12.7. The summed E-state index contributed by atoms with van der Waals surface area (Å²) < 4.78 is 1.22. The number of rotatable bonds is 5. The van der Waals surface area contributed by atoms with Gasteiger partial charge in [-0.05, 0) is 49.9 Å². The minimum absolute atomic E-state index is 0.0412. The second-order valence-corrected chi connectivity index (χ2v) is 8.31. The lowest BCUT2D eigenvalue weighted by molar-refractivity contribution is -0.117. The van der Waals surface area contributed by atoms with Gasteiger partial charge in [0.15, 0.2) is 0 Å². The van der Waals surface area contributed by atoms with Gasteiger partial charge in [-0.15, -0.1) is 23.1 Å². The first-order valence-electron chi connectivity index (χ1n) is 8.77. The number of fused-ring (bicyclic) bond motifs is 1. The van der Waals surface area contributed by atoms with E-state index in [0.29, 0.717) is 6.54 Å². The molecular formula is C20H21N3OS2. The Kier molecular flexibility index (Phi) is 5.24. The van der Waals surface area contributed by atoms with Gasteiger partial charge >= 0.3 is 0 Å². The van der Waals surface area contributed by atoms with E-state index in [-0.39, 0.29) is 11.9 Å². The normalized spacial score (nSPS) is 17.7. The quantitative estimate of drug-likeness (QED) is 0.643. The van der Waals surface area contributed by atoms with Crippen LogP contribution in [0.4, 0.5) is 5.69 Å². The molecule has 1 fully saturated rings. The van der Waals surface area contributed by atoms with Crippen molar-refractivity contribution in [2.75, 3.05) is 24.7 Å². The van der Waals surface area contributed by atoms with E-state index < -0.39 is 0 Å². The number of anilines is 1. The number of nitrogens with one attached hydrogen (secondary N) is 1. The molecule has 1 aliphatic rings. The lowest BCUT2D eigenvalue weighted by Crippen LogP contribution is -2.33. The molecule has 0 radical (unpaired) electrons. The van der Waals surface area contributed by atoms with E-state index >= 15 is 0 Å². The van der Waals surface area contributed by atoms with Crippen LogP contribution in [0, 0.1) is 0 Å². The molecule has 1 atom stereocenters. The van der Waals surface area contributed by atoms with Crippen LogP contribution in [-0.4, -0.2) is 35.1 Å². The Labute approximate surface area is 161 Å². The highest BCUT2D eigenvalue weighted by molar-refractivity contribution is 7.98. The van der Waals surface area contributed by atoms with Crippen molar-refractivity contribution in [2.45, 2.75) is 23.8 Å². The van der Waals surface area contributed by atoms with Crippen LogP contribution >= 0.6 is 23.1 Å². The molecule has 0 spiro atoms. The number of hydrogen-bond donors (Lipinski definition) is 1. The van der Waals surface area contributed by atoms with E-state index in [2.05, 4.69) is 22.3 Å². The molecule has 1 N–H and O–H groups in total. The number of carbonyl (C=O) groups excluding carboxylic acids is 1. The highest BCUT2D eigenvalue weighted by Crippen LogP contribution is 2.36. The summed E-state index contributed by atoms with van der Waals surface area (Å²) in [4.78, 5) is 20.8. The molecule has 2 aromatic carbocycles. The number of thioether (sulfide) groups is 1.